The highest BCUT2D eigenvalue weighted by molar-refractivity contribution is 5.97. The lowest BCUT2D eigenvalue weighted by molar-refractivity contribution is 0.0447. The smallest absolute Gasteiger partial charge is 0.258 e. The Morgan fingerprint density at radius 1 is 1.35 bits per heavy atom. The maximum absolute atomic E-state index is 12.3. The molecule has 1 aromatic rings. The van der Waals surface area contributed by atoms with E-state index in [2.05, 4.69) is 0 Å². The molecule has 2 unspecified atom stereocenters. The first kappa shape index (κ1) is 11.9. The van der Waals surface area contributed by atoms with Gasteiger partial charge in [0.2, 0.25) is 0 Å². The minimum absolute atomic E-state index is 0.0773. The van der Waals surface area contributed by atoms with Crippen LogP contribution in [0, 0.1) is 0 Å². The minimum atomic E-state index is -0.552. The first-order valence-corrected chi connectivity index (χ1v) is 5.82. The molecule has 4 heteroatoms. The second-order valence-corrected chi connectivity index (χ2v) is 4.32. The summed E-state index contributed by atoms with van der Waals surface area (Å²) in [5.41, 5.74) is 0.567. The Hall–Kier alpha value is -1.55. The van der Waals surface area contributed by atoms with Crippen molar-refractivity contribution in [1.29, 1.82) is 0 Å². The zero-order chi connectivity index (χ0) is 12.4. The second-order valence-electron chi connectivity index (χ2n) is 4.32. The van der Waals surface area contributed by atoms with Crippen molar-refractivity contribution in [2.45, 2.75) is 26.0 Å². The number of nitrogens with zero attached hydrogens (tertiary/aromatic N) is 1. The Balaban J connectivity index is 2.32. The molecule has 1 aliphatic rings. The van der Waals surface area contributed by atoms with Gasteiger partial charge in [-0.05, 0) is 26.0 Å². The SMILES string of the molecule is CC(O)C(C)N1CCOc2ccccc2C1=O. The molecule has 1 amide bonds. The summed E-state index contributed by atoms with van der Waals surface area (Å²) < 4.78 is 5.53. The second kappa shape index (κ2) is 4.75. The van der Waals surface area contributed by atoms with Crippen LogP contribution in [0.1, 0.15) is 24.2 Å². The molecule has 0 aromatic heterocycles. The molecule has 17 heavy (non-hydrogen) atoms. The summed E-state index contributed by atoms with van der Waals surface area (Å²) >= 11 is 0. The van der Waals surface area contributed by atoms with E-state index in [1.165, 1.54) is 0 Å². The third kappa shape index (κ3) is 2.26. The van der Waals surface area contributed by atoms with E-state index in [1.807, 2.05) is 19.1 Å². The quantitative estimate of drug-likeness (QED) is 0.840. The van der Waals surface area contributed by atoms with Crippen molar-refractivity contribution in [3.05, 3.63) is 29.8 Å². The average molecular weight is 235 g/mol. The lowest BCUT2D eigenvalue weighted by Crippen LogP contribution is -2.45. The molecule has 1 aromatic carbocycles. The van der Waals surface area contributed by atoms with Gasteiger partial charge in [0.15, 0.2) is 0 Å². The number of rotatable bonds is 2. The number of aliphatic hydroxyl groups excluding tert-OH is 1. The number of ether oxygens (including phenoxy) is 1. The summed E-state index contributed by atoms with van der Waals surface area (Å²) in [6.07, 6.45) is -0.552. The van der Waals surface area contributed by atoms with Crippen LogP contribution in [-0.2, 0) is 0 Å². The molecule has 1 aliphatic heterocycles. The maximum Gasteiger partial charge on any atom is 0.258 e. The lowest BCUT2D eigenvalue weighted by Gasteiger charge is -2.29. The highest BCUT2D eigenvalue weighted by atomic mass is 16.5. The third-order valence-electron chi connectivity index (χ3n) is 3.16. The van der Waals surface area contributed by atoms with Crippen LogP contribution in [0.2, 0.25) is 0 Å². The molecule has 1 N–H and O–H groups in total. The number of fused-ring (bicyclic) bond motifs is 1. The van der Waals surface area contributed by atoms with Crippen molar-refractivity contribution in [1.82, 2.24) is 4.90 Å². The number of aliphatic hydroxyl groups is 1. The Morgan fingerprint density at radius 2 is 2.06 bits per heavy atom. The van der Waals surface area contributed by atoms with Crippen LogP contribution < -0.4 is 4.74 Å². The van der Waals surface area contributed by atoms with Crippen molar-refractivity contribution in [3.8, 4) is 5.75 Å². The molecule has 1 heterocycles. The number of carbonyl (C=O) groups excluding carboxylic acids is 1. The maximum atomic E-state index is 12.3. The summed E-state index contributed by atoms with van der Waals surface area (Å²) in [7, 11) is 0. The molecule has 2 rings (SSSR count). The first-order chi connectivity index (χ1) is 8.11. The van der Waals surface area contributed by atoms with Crippen molar-refractivity contribution in [3.63, 3.8) is 0 Å². The van der Waals surface area contributed by atoms with Gasteiger partial charge in [0, 0.05) is 0 Å². The van der Waals surface area contributed by atoms with E-state index in [0.717, 1.165) is 0 Å². The topological polar surface area (TPSA) is 49.8 Å². The zero-order valence-electron chi connectivity index (χ0n) is 10.1. The van der Waals surface area contributed by atoms with E-state index in [4.69, 9.17) is 4.74 Å². The van der Waals surface area contributed by atoms with Crippen LogP contribution in [0.4, 0.5) is 0 Å². The summed E-state index contributed by atoms with van der Waals surface area (Å²) in [6, 6.07) is 7.00. The normalized spacial score (nSPS) is 19.0. The average Bonchev–Trinajstić information content (AvgIpc) is 2.48. The van der Waals surface area contributed by atoms with E-state index in [-0.39, 0.29) is 11.9 Å². The predicted molar refractivity (Wildman–Crippen MR) is 64.1 cm³/mol. The third-order valence-corrected chi connectivity index (χ3v) is 3.16. The van der Waals surface area contributed by atoms with Gasteiger partial charge in [-0.25, -0.2) is 0 Å². The van der Waals surface area contributed by atoms with Gasteiger partial charge in [-0.3, -0.25) is 4.79 Å². The van der Waals surface area contributed by atoms with E-state index in [0.29, 0.717) is 24.5 Å². The van der Waals surface area contributed by atoms with Gasteiger partial charge in [0.25, 0.3) is 5.91 Å². The van der Waals surface area contributed by atoms with Crippen LogP contribution in [0.15, 0.2) is 24.3 Å². The van der Waals surface area contributed by atoms with E-state index in [9.17, 15) is 9.90 Å². The van der Waals surface area contributed by atoms with Gasteiger partial charge >= 0.3 is 0 Å². The first-order valence-electron chi connectivity index (χ1n) is 5.82. The van der Waals surface area contributed by atoms with Crippen LogP contribution in [0.3, 0.4) is 0 Å². The molecule has 0 saturated heterocycles. The van der Waals surface area contributed by atoms with Gasteiger partial charge < -0.3 is 14.7 Å². The van der Waals surface area contributed by atoms with E-state index < -0.39 is 6.10 Å². The number of amides is 1. The standard InChI is InChI=1S/C13H17NO3/c1-9(10(2)15)14-7-8-17-12-6-4-3-5-11(12)13(14)16/h3-6,9-10,15H,7-8H2,1-2H3. The Labute approximate surface area is 101 Å². The summed E-state index contributed by atoms with van der Waals surface area (Å²) in [5, 5.41) is 9.60. The van der Waals surface area contributed by atoms with Gasteiger partial charge in [-0.1, -0.05) is 12.1 Å². The highest BCUT2D eigenvalue weighted by Gasteiger charge is 2.28. The molecule has 0 fully saturated rings. The molecule has 0 aliphatic carbocycles. The fourth-order valence-corrected chi connectivity index (χ4v) is 1.93. The van der Waals surface area contributed by atoms with Crippen LogP contribution in [0.25, 0.3) is 0 Å². The Kier molecular flexibility index (Phi) is 3.33. The van der Waals surface area contributed by atoms with Crippen molar-refractivity contribution >= 4 is 5.91 Å². The molecule has 2 atom stereocenters. The number of hydrogen-bond acceptors (Lipinski definition) is 3. The zero-order valence-corrected chi connectivity index (χ0v) is 10.1. The number of para-hydroxylation sites is 1. The van der Waals surface area contributed by atoms with Crippen molar-refractivity contribution < 1.29 is 14.6 Å². The Bertz CT molecular complexity index is 417. The van der Waals surface area contributed by atoms with Gasteiger partial charge in [-0.15, -0.1) is 0 Å². The fourth-order valence-electron chi connectivity index (χ4n) is 1.93. The van der Waals surface area contributed by atoms with E-state index in [1.54, 1.807) is 24.0 Å². The fraction of sp³-hybridized carbons (Fsp3) is 0.462. The molecule has 0 saturated carbocycles. The van der Waals surface area contributed by atoms with Crippen LogP contribution in [0.5, 0.6) is 5.75 Å². The predicted octanol–water partition coefficient (Wildman–Crippen LogP) is 1.29. The summed E-state index contributed by atoms with van der Waals surface area (Å²) in [6.45, 7) is 4.49. The van der Waals surface area contributed by atoms with Crippen LogP contribution in [-0.4, -0.2) is 41.2 Å². The molecule has 4 nitrogen and oxygen atoms in total. The molecular formula is C13H17NO3. The molecule has 0 radical (unpaired) electrons. The molecular weight excluding hydrogens is 218 g/mol. The molecule has 0 bridgehead atoms. The largest absolute Gasteiger partial charge is 0.491 e. The van der Waals surface area contributed by atoms with Crippen LogP contribution >= 0.6 is 0 Å². The molecule has 92 valence electrons. The number of benzene rings is 1. The number of carbonyl (C=O) groups is 1. The van der Waals surface area contributed by atoms with Crippen molar-refractivity contribution in [2.24, 2.45) is 0 Å². The van der Waals surface area contributed by atoms with Crippen molar-refractivity contribution in [2.75, 3.05) is 13.2 Å². The lowest BCUT2D eigenvalue weighted by atomic mass is 10.1. The molecule has 0 spiro atoms. The minimum Gasteiger partial charge on any atom is -0.491 e. The van der Waals surface area contributed by atoms with Gasteiger partial charge in [-0.2, -0.15) is 0 Å². The highest BCUT2D eigenvalue weighted by Crippen LogP contribution is 2.24. The monoisotopic (exact) mass is 235 g/mol. The summed E-state index contributed by atoms with van der Waals surface area (Å²) in [5.74, 6) is 0.546. The number of hydrogen-bond donors (Lipinski definition) is 1. The van der Waals surface area contributed by atoms with E-state index >= 15 is 0 Å². The van der Waals surface area contributed by atoms with Gasteiger partial charge in [0.1, 0.15) is 12.4 Å². The Morgan fingerprint density at radius 3 is 2.76 bits per heavy atom. The summed E-state index contributed by atoms with van der Waals surface area (Å²) in [4.78, 5) is 14.0. The van der Waals surface area contributed by atoms with Gasteiger partial charge in [0.05, 0.1) is 24.3 Å².